The number of Topliss-reactive ketones (excluding diaryl/α,β-unsaturated/α-hetero) is 2. The lowest BCUT2D eigenvalue weighted by Crippen LogP contribution is -2.51. The molecule has 38 heavy (non-hydrogen) atoms. The average Bonchev–Trinajstić information content (AvgIpc) is 3.36. The molecule has 3 aromatic carbocycles. The topological polar surface area (TPSA) is 66.5 Å². The highest BCUT2D eigenvalue weighted by molar-refractivity contribution is 6.17. The van der Waals surface area contributed by atoms with Crippen LogP contribution in [0.1, 0.15) is 49.2 Å². The average molecular weight is 509 g/mol. The second kappa shape index (κ2) is 8.22. The maximum absolute atomic E-state index is 14.6. The minimum Gasteiger partial charge on any atom is -0.352 e. The summed E-state index contributed by atoms with van der Waals surface area (Å²) in [5.41, 5.74) is 2.24. The number of fused-ring (bicyclic) bond motifs is 6. The van der Waals surface area contributed by atoms with Crippen LogP contribution in [0.25, 0.3) is 5.57 Å². The van der Waals surface area contributed by atoms with Crippen molar-refractivity contribution in [1.29, 1.82) is 0 Å². The number of anilines is 2. The number of nitrogens with zero attached hydrogens (tertiary/aromatic N) is 1. The van der Waals surface area contributed by atoms with Crippen LogP contribution in [0, 0.1) is 17.2 Å². The summed E-state index contributed by atoms with van der Waals surface area (Å²) in [7, 11) is 0. The van der Waals surface area contributed by atoms with Crippen LogP contribution in [0.15, 0.2) is 78.9 Å². The molecule has 3 aliphatic heterocycles. The van der Waals surface area contributed by atoms with Crippen molar-refractivity contribution in [3.05, 3.63) is 101 Å². The summed E-state index contributed by atoms with van der Waals surface area (Å²) in [6.07, 6.45) is 2.03. The van der Waals surface area contributed by atoms with Crippen molar-refractivity contribution in [3.8, 4) is 0 Å². The third kappa shape index (κ3) is 3.19. The zero-order chi connectivity index (χ0) is 27.0. The maximum atomic E-state index is 14.6. The molecule has 1 spiro atoms. The van der Waals surface area contributed by atoms with Gasteiger partial charge >= 0.3 is 0 Å². The number of carbonyl (C=O) groups is 3. The molecule has 3 aliphatic rings. The first-order valence-corrected chi connectivity index (χ1v) is 12.9. The number of amides is 1. The number of allylic oxidation sites excluding steroid dienone is 1. The van der Waals surface area contributed by atoms with Crippen molar-refractivity contribution in [2.24, 2.45) is 11.3 Å². The smallest absolute Gasteiger partial charge is 0.238 e. The molecule has 0 bridgehead atoms. The molecule has 1 fully saturated rings. The van der Waals surface area contributed by atoms with Gasteiger partial charge in [0.1, 0.15) is 17.3 Å². The van der Waals surface area contributed by atoms with Crippen molar-refractivity contribution in [3.63, 3.8) is 0 Å². The van der Waals surface area contributed by atoms with Gasteiger partial charge < -0.3 is 10.2 Å². The van der Waals surface area contributed by atoms with E-state index in [9.17, 15) is 18.8 Å². The van der Waals surface area contributed by atoms with Crippen LogP contribution in [0.5, 0.6) is 0 Å². The predicted molar refractivity (Wildman–Crippen MR) is 146 cm³/mol. The van der Waals surface area contributed by atoms with Crippen molar-refractivity contribution in [1.82, 2.24) is 0 Å². The second-order valence-electron chi connectivity index (χ2n) is 11.5. The quantitative estimate of drug-likeness (QED) is 0.454. The van der Waals surface area contributed by atoms with E-state index in [1.54, 1.807) is 0 Å². The highest BCUT2D eigenvalue weighted by atomic mass is 19.1. The highest BCUT2D eigenvalue weighted by Crippen LogP contribution is 2.59. The summed E-state index contributed by atoms with van der Waals surface area (Å²) in [6.45, 7) is 7.52. The van der Waals surface area contributed by atoms with Crippen molar-refractivity contribution >= 4 is 34.4 Å². The normalized spacial score (nSPS) is 25.4. The van der Waals surface area contributed by atoms with Crippen LogP contribution >= 0.6 is 0 Å². The third-order valence-electron chi connectivity index (χ3n) is 8.30. The van der Waals surface area contributed by atoms with Crippen LogP contribution in [0.3, 0.4) is 0 Å². The first kappa shape index (κ1) is 24.3. The highest BCUT2D eigenvalue weighted by Gasteiger charge is 2.71. The molecule has 3 aromatic rings. The van der Waals surface area contributed by atoms with Crippen molar-refractivity contribution in [2.75, 3.05) is 10.2 Å². The SMILES string of the molecule is CC1=C[C@@H]2N(c3ccccc31)[C@H](C(=O)C(C)(C)C)[C@@H](C(=O)c1ccc(F)cc1)[C@@]21C(=O)Nc2ccccc21. The summed E-state index contributed by atoms with van der Waals surface area (Å²) in [5, 5.41) is 3.03. The van der Waals surface area contributed by atoms with Gasteiger partial charge in [-0.2, -0.15) is 0 Å². The molecule has 0 aromatic heterocycles. The minimum atomic E-state index is -1.36. The number of para-hydroxylation sites is 2. The van der Waals surface area contributed by atoms with Crippen molar-refractivity contribution in [2.45, 2.75) is 45.2 Å². The van der Waals surface area contributed by atoms with E-state index >= 15 is 0 Å². The molecule has 1 amide bonds. The Morgan fingerprint density at radius 1 is 0.947 bits per heavy atom. The van der Waals surface area contributed by atoms with E-state index < -0.39 is 34.6 Å². The molecule has 192 valence electrons. The van der Waals surface area contributed by atoms with E-state index in [0.29, 0.717) is 11.3 Å². The van der Waals surface area contributed by atoms with Gasteiger partial charge in [-0.05, 0) is 54.5 Å². The monoisotopic (exact) mass is 508 g/mol. The predicted octanol–water partition coefficient (Wildman–Crippen LogP) is 5.80. The van der Waals surface area contributed by atoms with Gasteiger partial charge in [-0.15, -0.1) is 0 Å². The molecule has 6 rings (SSSR count). The number of halogens is 1. The third-order valence-corrected chi connectivity index (χ3v) is 8.30. The lowest BCUT2D eigenvalue weighted by atomic mass is 9.63. The Kier molecular flexibility index (Phi) is 5.25. The van der Waals surface area contributed by atoms with Crippen LogP contribution < -0.4 is 10.2 Å². The van der Waals surface area contributed by atoms with Gasteiger partial charge in [-0.1, -0.05) is 63.2 Å². The molecular formula is C32H29FN2O3. The van der Waals surface area contributed by atoms with E-state index in [1.807, 2.05) is 87.2 Å². The fourth-order valence-corrected chi connectivity index (χ4v) is 6.62. The fraction of sp³-hybridized carbons (Fsp3) is 0.281. The number of carbonyl (C=O) groups excluding carboxylic acids is 3. The largest absolute Gasteiger partial charge is 0.352 e. The lowest BCUT2D eigenvalue weighted by molar-refractivity contribution is -0.128. The minimum absolute atomic E-state index is 0.125. The zero-order valence-electron chi connectivity index (χ0n) is 21.8. The van der Waals surface area contributed by atoms with Gasteiger partial charge in [0.15, 0.2) is 11.6 Å². The fourth-order valence-electron chi connectivity index (χ4n) is 6.62. The van der Waals surface area contributed by atoms with Crippen LogP contribution in [0.2, 0.25) is 0 Å². The summed E-state index contributed by atoms with van der Waals surface area (Å²) in [6, 6.07) is 19.1. The lowest BCUT2D eigenvalue weighted by Gasteiger charge is -2.39. The van der Waals surface area contributed by atoms with E-state index in [1.165, 1.54) is 24.3 Å². The Hall–Kier alpha value is -4.06. The van der Waals surface area contributed by atoms with Crippen LogP contribution in [0.4, 0.5) is 15.8 Å². The number of ketones is 2. The standard InChI is InChI=1S/C32H29FN2O3/c1-18-17-25-32(22-10-6-7-11-23(22)34-30(32)38)26(28(36)19-13-15-20(33)16-14-19)27(29(37)31(2,3)4)35(25)24-12-8-5-9-21(18)24/h5-17,25-27H,1-4H3,(H,34,38)/t25-,26-,27-,32-/m0/s1. The van der Waals surface area contributed by atoms with Gasteiger partial charge in [0, 0.05) is 27.9 Å². The molecule has 4 atom stereocenters. The van der Waals surface area contributed by atoms with Gasteiger partial charge in [0.25, 0.3) is 0 Å². The number of benzene rings is 3. The van der Waals surface area contributed by atoms with Gasteiger partial charge in [-0.3, -0.25) is 14.4 Å². The Bertz CT molecular complexity index is 1530. The molecule has 0 unspecified atom stereocenters. The van der Waals surface area contributed by atoms with E-state index in [2.05, 4.69) is 5.32 Å². The van der Waals surface area contributed by atoms with E-state index in [0.717, 1.165) is 16.8 Å². The molecule has 6 heteroatoms. The first-order chi connectivity index (χ1) is 18.1. The Morgan fingerprint density at radius 3 is 2.32 bits per heavy atom. The summed E-state index contributed by atoms with van der Waals surface area (Å²) in [5.74, 6) is -2.28. The summed E-state index contributed by atoms with van der Waals surface area (Å²) < 4.78 is 13.8. The zero-order valence-corrected chi connectivity index (χ0v) is 21.8. The number of nitrogens with one attached hydrogen (secondary N) is 1. The van der Waals surface area contributed by atoms with Gasteiger partial charge in [-0.25, -0.2) is 4.39 Å². The summed E-state index contributed by atoms with van der Waals surface area (Å²) in [4.78, 5) is 45.2. The van der Waals surface area contributed by atoms with Gasteiger partial charge in [0.05, 0.1) is 12.0 Å². The number of hydrogen-bond acceptors (Lipinski definition) is 4. The maximum Gasteiger partial charge on any atom is 0.238 e. The van der Waals surface area contributed by atoms with Crippen LogP contribution in [-0.4, -0.2) is 29.6 Å². The Morgan fingerprint density at radius 2 is 1.61 bits per heavy atom. The molecule has 1 saturated heterocycles. The Labute approximate surface area is 221 Å². The van der Waals surface area contributed by atoms with Crippen LogP contribution in [-0.2, 0) is 15.0 Å². The van der Waals surface area contributed by atoms with E-state index in [-0.39, 0.29) is 23.0 Å². The second-order valence-corrected chi connectivity index (χ2v) is 11.5. The molecule has 1 N–H and O–H groups in total. The van der Waals surface area contributed by atoms with Crippen molar-refractivity contribution < 1.29 is 18.8 Å². The first-order valence-electron chi connectivity index (χ1n) is 12.9. The Balaban J connectivity index is 1.70. The molecule has 5 nitrogen and oxygen atoms in total. The molecule has 0 radical (unpaired) electrons. The van der Waals surface area contributed by atoms with Gasteiger partial charge in [0.2, 0.25) is 5.91 Å². The molecule has 3 heterocycles. The number of hydrogen-bond donors (Lipinski definition) is 1. The summed E-state index contributed by atoms with van der Waals surface area (Å²) >= 11 is 0. The van der Waals surface area contributed by atoms with E-state index in [4.69, 9.17) is 0 Å². The molecule has 0 aliphatic carbocycles. The number of rotatable bonds is 3. The molecule has 0 saturated carbocycles. The molecular weight excluding hydrogens is 479 g/mol.